The van der Waals surface area contributed by atoms with Crippen molar-refractivity contribution in [3.05, 3.63) is 12.7 Å². The van der Waals surface area contributed by atoms with E-state index in [1.165, 1.54) is 19.4 Å². The molecule has 2 heteroatoms. The summed E-state index contributed by atoms with van der Waals surface area (Å²) in [6, 6.07) is 0.704. The summed E-state index contributed by atoms with van der Waals surface area (Å²) in [7, 11) is 0. The minimum absolute atomic E-state index is 0.704. The molecular formula is C11H22N2. The average molecular weight is 182 g/mol. The van der Waals surface area contributed by atoms with Crippen LogP contribution >= 0.6 is 0 Å². The van der Waals surface area contributed by atoms with Crippen molar-refractivity contribution in [2.75, 3.05) is 19.6 Å². The minimum Gasteiger partial charge on any atom is -0.315 e. The van der Waals surface area contributed by atoms with E-state index in [9.17, 15) is 0 Å². The highest BCUT2D eigenvalue weighted by Gasteiger charge is 2.24. The van der Waals surface area contributed by atoms with Gasteiger partial charge in [-0.1, -0.05) is 19.4 Å². The minimum atomic E-state index is 0.704. The molecule has 2 atom stereocenters. The molecule has 0 unspecified atom stereocenters. The van der Waals surface area contributed by atoms with Gasteiger partial charge in [0.15, 0.2) is 0 Å². The zero-order valence-electron chi connectivity index (χ0n) is 8.68. The Balaban J connectivity index is 2.09. The summed E-state index contributed by atoms with van der Waals surface area (Å²) in [5.41, 5.74) is 0. The lowest BCUT2D eigenvalue weighted by Gasteiger charge is -2.18. The number of hydrogen-bond acceptors (Lipinski definition) is 2. The van der Waals surface area contributed by atoms with Crippen molar-refractivity contribution in [1.82, 2.24) is 10.6 Å². The first-order valence-electron chi connectivity index (χ1n) is 5.43. The lowest BCUT2D eigenvalue weighted by atomic mass is 10.0. The number of allylic oxidation sites excluding steroid dienone is 1. The number of nitrogens with one attached hydrogen (secondary N) is 2. The number of hydrogen-bond donors (Lipinski definition) is 2. The van der Waals surface area contributed by atoms with Crippen LogP contribution in [-0.4, -0.2) is 25.7 Å². The predicted octanol–water partition coefficient (Wildman–Crippen LogP) is 1.54. The summed E-state index contributed by atoms with van der Waals surface area (Å²) in [5, 5.41) is 7.04. The van der Waals surface area contributed by atoms with Gasteiger partial charge in [-0.3, -0.25) is 0 Å². The van der Waals surface area contributed by atoms with Crippen LogP contribution in [0.1, 0.15) is 26.2 Å². The predicted molar refractivity (Wildman–Crippen MR) is 57.9 cm³/mol. The van der Waals surface area contributed by atoms with Crippen molar-refractivity contribution in [1.29, 1.82) is 0 Å². The Bertz CT molecular complexity index is 145. The molecule has 0 aromatic rings. The first-order valence-corrected chi connectivity index (χ1v) is 5.43. The second-order valence-corrected chi connectivity index (χ2v) is 3.82. The highest BCUT2D eigenvalue weighted by molar-refractivity contribution is 4.85. The molecule has 1 fully saturated rings. The lowest BCUT2D eigenvalue weighted by molar-refractivity contribution is 0.415. The topological polar surface area (TPSA) is 24.1 Å². The Kier molecular flexibility index (Phi) is 5.09. The third kappa shape index (κ3) is 3.49. The second kappa shape index (κ2) is 6.17. The molecular weight excluding hydrogens is 160 g/mol. The molecule has 0 bridgehead atoms. The molecule has 0 aromatic carbocycles. The van der Waals surface area contributed by atoms with E-state index in [4.69, 9.17) is 0 Å². The summed E-state index contributed by atoms with van der Waals surface area (Å²) in [6.45, 7) is 9.46. The van der Waals surface area contributed by atoms with Gasteiger partial charge in [-0.15, -0.1) is 6.58 Å². The van der Waals surface area contributed by atoms with Crippen LogP contribution in [0, 0.1) is 5.92 Å². The Labute approximate surface area is 81.8 Å². The second-order valence-electron chi connectivity index (χ2n) is 3.82. The van der Waals surface area contributed by atoms with Crippen LogP contribution in [0.2, 0.25) is 0 Å². The molecule has 1 heterocycles. The van der Waals surface area contributed by atoms with E-state index in [0.29, 0.717) is 6.04 Å². The zero-order valence-corrected chi connectivity index (χ0v) is 8.68. The average Bonchev–Trinajstić information content (AvgIpc) is 2.60. The molecule has 13 heavy (non-hydrogen) atoms. The fourth-order valence-corrected chi connectivity index (χ4v) is 1.93. The first kappa shape index (κ1) is 10.7. The van der Waals surface area contributed by atoms with Gasteiger partial charge in [-0.05, 0) is 31.8 Å². The molecule has 0 radical (unpaired) electrons. The van der Waals surface area contributed by atoms with Crippen LogP contribution in [0.15, 0.2) is 12.7 Å². The Morgan fingerprint density at radius 1 is 1.54 bits per heavy atom. The van der Waals surface area contributed by atoms with Gasteiger partial charge in [-0.25, -0.2) is 0 Å². The fraction of sp³-hybridized carbons (Fsp3) is 0.818. The van der Waals surface area contributed by atoms with E-state index in [0.717, 1.165) is 25.4 Å². The van der Waals surface area contributed by atoms with Crippen LogP contribution in [0.4, 0.5) is 0 Å². The van der Waals surface area contributed by atoms with E-state index >= 15 is 0 Å². The van der Waals surface area contributed by atoms with E-state index in [1.807, 2.05) is 6.08 Å². The Hall–Kier alpha value is -0.340. The lowest BCUT2D eigenvalue weighted by Crippen LogP contribution is -2.36. The van der Waals surface area contributed by atoms with Gasteiger partial charge < -0.3 is 10.6 Å². The Morgan fingerprint density at radius 2 is 2.38 bits per heavy atom. The molecule has 0 amide bonds. The third-order valence-corrected chi connectivity index (χ3v) is 2.86. The van der Waals surface area contributed by atoms with Crippen LogP contribution in [0.5, 0.6) is 0 Å². The molecule has 0 aliphatic carbocycles. The summed E-state index contributed by atoms with van der Waals surface area (Å²) >= 11 is 0. The molecule has 1 aliphatic rings. The van der Waals surface area contributed by atoms with Crippen molar-refractivity contribution in [3.8, 4) is 0 Å². The van der Waals surface area contributed by atoms with Gasteiger partial charge in [0.2, 0.25) is 0 Å². The zero-order chi connectivity index (χ0) is 9.52. The normalized spacial score (nSPS) is 27.8. The maximum Gasteiger partial charge on any atom is 0.0232 e. The highest BCUT2D eigenvalue weighted by atomic mass is 15.0. The van der Waals surface area contributed by atoms with Crippen molar-refractivity contribution in [3.63, 3.8) is 0 Å². The van der Waals surface area contributed by atoms with Gasteiger partial charge in [-0.2, -0.15) is 0 Å². The SMILES string of the molecule is C=CCCCN[C@H]1CNC[C@H]1CC. The maximum absolute atomic E-state index is 3.72. The van der Waals surface area contributed by atoms with Gasteiger partial charge in [0.1, 0.15) is 0 Å². The molecule has 0 spiro atoms. The van der Waals surface area contributed by atoms with Crippen molar-refractivity contribution in [2.45, 2.75) is 32.2 Å². The number of rotatable bonds is 6. The fourth-order valence-electron chi connectivity index (χ4n) is 1.93. The summed E-state index contributed by atoms with van der Waals surface area (Å²) in [4.78, 5) is 0. The molecule has 1 saturated heterocycles. The van der Waals surface area contributed by atoms with Crippen LogP contribution < -0.4 is 10.6 Å². The van der Waals surface area contributed by atoms with E-state index < -0.39 is 0 Å². The Morgan fingerprint density at radius 3 is 3.08 bits per heavy atom. The maximum atomic E-state index is 3.72. The summed E-state index contributed by atoms with van der Waals surface area (Å²) < 4.78 is 0. The van der Waals surface area contributed by atoms with Crippen LogP contribution in [0.3, 0.4) is 0 Å². The van der Waals surface area contributed by atoms with Gasteiger partial charge in [0.25, 0.3) is 0 Å². The van der Waals surface area contributed by atoms with E-state index in [1.54, 1.807) is 0 Å². The molecule has 0 saturated carbocycles. The van der Waals surface area contributed by atoms with Crippen molar-refractivity contribution >= 4 is 0 Å². The smallest absolute Gasteiger partial charge is 0.0232 e. The molecule has 76 valence electrons. The highest BCUT2D eigenvalue weighted by Crippen LogP contribution is 2.12. The molecule has 2 N–H and O–H groups in total. The van der Waals surface area contributed by atoms with Crippen molar-refractivity contribution < 1.29 is 0 Å². The van der Waals surface area contributed by atoms with Gasteiger partial charge >= 0.3 is 0 Å². The van der Waals surface area contributed by atoms with Crippen molar-refractivity contribution in [2.24, 2.45) is 5.92 Å². The molecule has 1 aliphatic heterocycles. The van der Waals surface area contributed by atoms with Gasteiger partial charge in [0, 0.05) is 12.6 Å². The summed E-state index contributed by atoms with van der Waals surface area (Å²) in [6.07, 6.45) is 5.62. The van der Waals surface area contributed by atoms with E-state index in [-0.39, 0.29) is 0 Å². The first-order chi connectivity index (χ1) is 6.38. The molecule has 0 aromatic heterocycles. The standard InChI is InChI=1S/C11H22N2/c1-3-5-6-7-13-11-9-12-8-10(11)4-2/h3,10-13H,1,4-9H2,2H3/t10-,11+/m1/s1. The van der Waals surface area contributed by atoms with Gasteiger partial charge in [0.05, 0.1) is 0 Å². The third-order valence-electron chi connectivity index (χ3n) is 2.86. The van der Waals surface area contributed by atoms with Crippen LogP contribution in [0.25, 0.3) is 0 Å². The molecule has 2 nitrogen and oxygen atoms in total. The molecule has 1 rings (SSSR count). The summed E-state index contributed by atoms with van der Waals surface area (Å²) in [5.74, 6) is 0.837. The number of unbranched alkanes of at least 4 members (excludes halogenated alkanes) is 1. The van der Waals surface area contributed by atoms with Crippen LogP contribution in [-0.2, 0) is 0 Å². The quantitative estimate of drug-likeness (QED) is 0.481. The van der Waals surface area contributed by atoms with E-state index in [2.05, 4.69) is 24.1 Å². The monoisotopic (exact) mass is 182 g/mol. The largest absolute Gasteiger partial charge is 0.315 e.